The van der Waals surface area contributed by atoms with Gasteiger partial charge in [0.2, 0.25) is 5.91 Å². The number of nitrogens with zero attached hydrogens (tertiary/aromatic N) is 3. The van der Waals surface area contributed by atoms with Gasteiger partial charge in [-0.05, 0) is 74.4 Å². The zero-order chi connectivity index (χ0) is 19.7. The lowest BCUT2D eigenvalue weighted by Crippen LogP contribution is -2.45. The van der Waals surface area contributed by atoms with Gasteiger partial charge in [-0.2, -0.15) is 0 Å². The second-order valence-corrected chi connectivity index (χ2v) is 7.90. The van der Waals surface area contributed by atoms with Crippen molar-refractivity contribution in [3.63, 3.8) is 0 Å². The molecule has 1 saturated heterocycles. The van der Waals surface area contributed by atoms with Crippen LogP contribution in [0.4, 0.5) is 5.82 Å². The summed E-state index contributed by atoms with van der Waals surface area (Å²) in [5.41, 5.74) is 10.0. The highest BCUT2D eigenvalue weighted by atomic mass is 16.3. The minimum Gasteiger partial charge on any atom is -0.507 e. The minimum atomic E-state index is -0.296. The van der Waals surface area contributed by atoms with Gasteiger partial charge < -0.3 is 16.2 Å². The summed E-state index contributed by atoms with van der Waals surface area (Å²) in [6.45, 7) is 3.93. The molecule has 1 aliphatic carbocycles. The Bertz CT molecular complexity index is 899. The molecule has 28 heavy (non-hydrogen) atoms. The van der Waals surface area contributed by atoms with Gasteiger partial charge in [0.15, 0.2) is 0 Å². The number of likely N-dealkylation sites (tertiary alicyclic amines) is 1. The molecular formula is C21H27N5O2. The fraction of sp³-hybridized carbons (Fsp3) is 0.476. The number of phenols is 1. The standard InChI is InChI=1S/C21H27N5O2/c1-13-10-19(23-15-5-3-9-26(11-15)12-18(22)27)24-25-20(13)17-8-7-14-4-2-6-16(14)21(17)28/h7-8,10,15,28H,2-6,9,11-12H2,1H3,(H2,22,27)(H,23,24)/t15-/m0/s1. The van der Waals surface area contributed by atoms with Crippen LogP contribution in [-0.4, -0.2) is 51.8 Å². The topological polar surface area (TPSA) is 104 Å². The summed E-state index contributed by atoms with van der Waals surface area (Å²) in [6, 6.07) is 6.23. The van der Waals surface area contributed by atoms with Crippen molar-refractivity contribution < 1.29 is 9.90 Å². The van der Waals surface area contributed by atoms with Crippen molar-refractivity contribution in [2.75, 3.05) is 25.0 Å². The molecule has 2 heterocycles. The highest BCUT2D eigenvalue weighted by molar-refractivity contribution is 5.76. The number of nitrogens with one attached hydrogen (secondary N) is 1. The molecular weight excluding hydrogens is 354 g/mol. The van der Waals surface area contributed by atoms with Gasteiger partial charge in [-0.25, -0.2) is 0 Å². The quantitative estimate of drug-likeness (QED) is 0.732. The lowest BCUT2D eigenvalue weighted by molar-refractivity contribution is -0.119. The summed E-state index contributed by atoms with van der Waals surface area (Å²) in [5.74, 6) is 0.769. The second kappa shape index (κ2) is 7.75. The molecule has 0 saturated carbocycles. The summed E-state index contributed by atoms with van der Waals surface area (Å²) < 4.78 is 0. The van der Waals surface area contributed by atoms with Crippen molar-refractivity contribution in [2.24, 2.45) is 5.73 Å². The van der Waals surface area contributed by atoms with Gasteiger partial charge in [0.25, 0.3) is 0 Å². The number of carbonyl (C=O) groups is 1. The van der Waals surface area contributed by atoms with Crippen LogP contribution in [0.5, 0.6) is 5.75 Å². The molecule has 0 spiro atoms. The number of amides is 1. The largest absolute Gasteiger partial charge is 0.507 e. The number of primary amides is 1. The third kappa shape index (κ3) is 3.80. The van der Waals surface area contributed by atoms with E-state index >= 15 is 0 Å². The fourth-order valence-electron chi connectivity index (χ4n) is 4.41. The van der Waals surface area contributed by atoms with Gasteiger partial charge in [-0.3, -0.25) is 9.69 Å². The first-order valence-electron chi connectivity index (χ1n) is 9.97. The lowest BCUT2D eigenvalue weighted by Gasteiger charge is -2.32. The molecule has 1 aromatic heterocycles. The van der Waals surface area contributed by atoms with Crippen LogP contribution in [0.3, 0.4) is 0 Å². The Kier molecular flexibility index (Phi) is 5.17. The predicted molar refractivity (Wildman–Crippen MR) is 108 cm³/mol. The van der Waals surface area contributed by atoms with Crippen LogP contribution in [0.15, 0.2) is 18.2 Å². The number of nitrogens with two attached hydrogens (primary N) is 1. The Morgan fingerprint density at radius 3 is 2.96 bits per heavy atom. The predicted octanol–water partition coefficient (Wildman–Crippen LogP) is 2.01. The van der Waals surface area contributed by atoms with Gasteiger partial charge in [-0.15, -0.1) is 10.2 Å². The Balaban J connectivity index is 1.50. The maximum Gasteiger partial charge on any atom is 0.231 e. The van der Waals surface area contributed by atoms with Crippen molar-refractivity contribution in [2.45, 2.75) is 45.1 Å². The zero-order valence-electron chi connectivity index (χ0n) is 16.2. The molecule has 7 heteroatoms. The number of fused-ring (bicyclic) bond motifs is 1. The molecule has 1 aromatic carbocycles. The minimum absolute atomic E-state index is 0.209. The van der Waals surface area contributed by atoms with Crippen LogP contribution in [-0.2, 0) is 17.6 Å². The number of aromatic hydroxyl groups is 1. The molecule has 4 N–H and O–H groups in total. The van der Waals surface area contributed by atoms with Crippen molar-refractivity contribution in [1.82, 2.24) is 15.1 Å². The van der Waals surface area contributed by atoms with E-state index in [1.807, 2.05) is 19.1 Å². The van der Waals surface area contributed by atoms with Crippen LogP contribution in [0.25, 0.3) is 11.3 Å². The smallest absolute Gasteiger partial charge is 0.231 e. The summed E-state index contributed by atoms with van der Waals surface area (Å²) >= 11 is 0. The van der Waals surface area contributed by atoms with Crippen LogP contribution in [0.1, 0.15) is 36.0 Å². The second-order valence-electron chi connectivity index (χ2n) is 7.90. The highest BCUT2D eigenvalue weighted by Gasteiger charge is 2.23. The van der Waals surface area contributed by atoms with E-state index in [1.165, 1.54) is 5.56 Å². The molecule has 7 nitrogen and oxygen atoms in total. The van der Waals surface area contributed by atoms with E-state index in [1.54, 1.807) is 0 Å². The number of hydrogen-bond acceptors (Lipinski definition) is 6. The van der Waals surface area contributed by atoms with Gasteiger partial charge in [0.05, 0.1) is 12.2 Å². The monoisotopic (exact) mass is 381 g/mol. The number of aromatic nitrogens is 2. The maximum atomic E-state index is 11.2. The molecule has 1 atom stereocenters. The number of phenolic OH excluding ortho intramolecular Hbond substituents is 1. The van der Waals surface area contributed by atoms with Crippen molar-refractivity contribution in [3.8, 4) is 17.0 Å². The normalized spacial score (nSPS) is 19.4. The van der Waals surface area contributed by atoms with E-state index < -0.39 is 0 Å². The first kappa shape index (κ1) is 18.7. The molecule has 1 aliphatic heterocycles. The molecule has 148 valence electrons. The number of benzene rings is 1. The number of anilines is 1. The Morgan fingerprint density at radius 2 is 2.18 bits per heavy atom. The molecule has 1 fully saturated rings. The lowest BCUT2D eigenvalue weighted by atomic mass is 10.00. The molecule has 4 rings (SSSR count). The van der Waals surface area contributed by atoms with Crippen LogP contribution in [0, 0.1) is 6.92 Å². The third-order valence-corrected chi connectivity index (χ3v) is 5.73. The Labute approximate surface area is 165 Å². The van der Waals surface area contributed by atoms with E-state index in [0.717, 1.165) is 67.6 Å². The molecule has 2 aromatic rings. The number of rotatable bonds is 5. The highest BCUT2D eigenvalue weighted by Crippen LogP contribution is 2.38. The SMILES string of the molecule is Cc1cc(N[C@H]2CCCN(CC(N)=O)C2)nnc1-c1ccc2c(c1O)CCC2. The van der Waals surface area contributed by atoms with Gasteiger partial charge in [0.1, 0.15) is 11.6 Å². The van der Waals surface area contributed by atoms with Gasteiger partial charge >= 0.3 is 0 Å². The molecule has 1 amide bonds. The summed E-state index contributed by atoms with van der Waals surface area (Å²) in [5, 5.41) is 22.9. The first-order chi connectivity index (χ1) is 13.5. The van der Waals surface area contributed by atoms with E-state index in [4.69, 9.17) is 5.73 Å². The van der Waals surface area contributed by atoms with Crippen molar-refractivity contribution in [3.05, 3.63) is 34.9 Å². The van der Waals surface area contributed by atoms with Crippen LogP contribution < -0.4 is 11.1 Å². The number of piperidine rings is 1. The van der Waals surface area contributed by atoms with Gasteiger partial charge in [0, 0.05) is 18.2 Å². The number of carbonyl (C=O) groups excluding carboxylic acids is 1. The average molecular weight is 381 g/mol. The number of hydrogen-bond donors (Lipinski definition) is 3. The summed E-state index contributed by atoms with van der Waals surface area (Å²) in [4.78, 5) is 13.2. The van der Waals surface area contributed by atoms with E-state index in [0.29, 0.717) is 18.1 Å². The zero-order valence-corrected chi connectivity index (χ0v) is 16.2. The van der Waals surface area contributed by atoms with E-state index in [-0.39, 0.29) is 11.9 Å². The molecule has 0 radical (unpaired) electrons. The Hall–Kier alpha value is -2.67. The van der Waals surface area contributed by atoms with Crippen LogP contribution >= 0.6 is 0 Å². The summed E-state index contributed by atoms with van der Waals surface area (Å²) in [6.07, 6.45) is 5.07. The molecule has 0 bridgehead atoms. The summed E-state index contributed by atoms with van der Waals surface area (Å²) in [7, 11) is 0. The fourth-order valence-corrected chi connectivity index (χ4v) is 4.41. The van der Waals surface area contributed by atoms with Crippen LogP contribution in [0.2, 0.25) is 0 Å². The molecule has 0 unspecified atom stereocenters. The van der Waals surface area contributed by atoms with Gasteiger partial charge in [-0.1, -0.05) is 6.07 Å². The first-order valence-corrected chi connectivity index (χ1v) is 9.97. The average Bonchev–Trinajstić information content (AvgIpc) is 3.12. The molecule has 2 aliphatic rings. The third-order valence-electron chi connectivity index (χ3n) is 5.73. The van der Waals surface area contributed by atoms with E-state index in [2.05, 4.69) is 26.5 Å². The Morgan fingerprint density at radius 1 is 1.32 bits per heavy atom. The van der Waals surface area contributed by atoms with Crippen molar-refractivity contribution >= 4 is 11.7 Å². The van der Waals surface area contributed by atoms with Crippen molar-refractivity contribution in [1.29, 1.82) is 0 Å². The number of aryl methyl sites for hydroxylation is 2. The van der Waals surface area contributed by atoms with E-state index in [9.17, 15) is 9.90 Å². The maximum absolute atomic E-state index is 11.2.